The Morgan fingerprint density at radius 2 is 1.87 bits per heavy atom. The molecule has 5 rings (SSSR count). The first-order valence-electron chi connectivity index (χ1n) is 10.4. The van der Waals surface area contributed by atoms with E-state index in [4.69, 9.17) is 0 Å². The highest BCUT2D eigenvalue weighted by atomic mass is 15.2. The van der Waals surface area contributed by atoms with Crippen LogP contribution in [0.1, 0.15) is 5.56 Å². The number of nitrogens with one attached hydrogen (secondary N) is 2. The number of rotatable bonds is 5. The third-order valence-electron chi connectivity index (χ3n) is 5.57. The van der Waals surface area contributed by atoms with Crippen molar-refractivity contribution in [3.8, 4) is 11.1 Å². The van der Waals surface area contributed by atoms with Gasteiger partial charge in [-0.3, -0.25) is 4.68 Å². The van der Waals surface area contributed by atoms with Crippen LogP contribution in [0, 0.1) is 0 Å². The number of piperazine rings is 1. The van der Waals surface area contributed by atoms with Crippen LogP contribution in [0.3, 0.4) is 0 Å². The topological polar surface area (TPSA) is 70.9 Å². The first kappa shape index (κ1) is 19.3. The van der Waals surface area contributed by atoms with Gasteiger partial charge in [-0.2, -0.15) is 5.10 Å². The molecule has 0 saturated carbocycles. The van der Waals surface area contributed by atoms with Crippen LogP contribution in [0.5, 0.6) is 0 Å². The summed E-state index contributed by atoms with van der Waals surface area (Å²) in [6.07, 6.45) is 7.62. The highest BCUT2D eigenvalue weighted by molar-refractivity contribution is 5.89. The molecule has 156 valence electrons. The predicted molar refractivity (Wildman–Crippen MR) is 126 cm³/mol. The maximum atomic E-state index is 4.57. The van der Waals surface area contributed by atoms with Crippen LogP contribution in [0.2, 0.25) is 0 Å². The molecule has 7 heteroatoms. The zero-order valence-corrected chi connectivity index (χ0v) is 17.5. The maximum absolute atomic E-state index is 4.57. The number of pyridine rings is 2. The fourth-order valence-corrected chi connectivity index (χ4v) is 3.86. The van der Waals surface area contributed by atoms with Crippen molar-refractivity contribution in [2.75, 3.05) is 36.4 Å². The lowest BCUT2D eigenvalue weighted by Crippen LogP contribution is -2.43. The number of anilines is 2. The molecule has 3 aromatic heterocycles. The summed E-state index contributed by atoms with van der Waals surface area (Å²) in [5.74, 6) is 1.75. The summed E-state index contributed by atoms with van der Waals surface area (Å²) in [6, 6.07) is 12.5. The molecule has 2 N–H and O–H groups in total. The molecule has 0 radical (unpaired) electrons. The van der Waals surface area contributed by atoms with Crippen molar-refractivity contribution in [1.29, 1.82) is 0 Å². The van der Waals surface area contributed by atoms with E-state index < -0.39 is 0 Å². The third kappa shape index (κ3) is 4.13. The average Bonchev–Trinajstić information content (AvgIpc) is 3.25. The largest absolute Gasteiger partial charge is 0.354 e. The van der Waals surface area contributed by atoms with Crippen molar-refractivity contribution in [2.24, 2.45) is 7.05 Å². The monoisotopic (exact) mass is 411 g/mol. The second-order valence-corrected chi connectivity index (χ2v) is 7.78. The molecule has 0 bridgehead atoms. The minimum Gasteiger partial charge on any atom is -0.354 e. The lowest BCUT2D eigenvalue weighted by atomic mass is 10.0. The van der Waals surface area contributed by atoms with E-state index in [1.165, 1.54) is 0 Å². The van der Waals surface area contributed by atoms with Crippen LogP contribution < -0.4 is 15.5 Å². The Balaban J connectivity index is 1.37. The van der Waals surface area contributed by atoms with E-state index in [0.29, 0.717) is 0 Å². The van der Waals surface area contributed by atoms with Gasteiger partial charge in [-0.1, -0.05) is 18.7 Å². The van der Waals surface area contributed by atoms with Crippen molar-refractivity contribution >= 4 is 28.1 Å². The van der Waals surface area contributed by atoms with Gasteiger partial charge in [0.05, 0.1) is 6.20 Å². The fraction of sp³-hybridized carbons (Fsp3) is 0.208. The third-order valence-corrected chi connectivity index (χ3v) is 5.57. The number of fused-ring (bicyclic) bond motifs is 1. The molecule has 4 aromatic rings. The standard InChI is InChI=1S/C24H25N7/c1-17(18-5-6-26-24(13-18)31-9-7-25-8-10-31)29-23-12-21-11-19(3-4-20(21)14-27-23)22-15-28-30(2)16-22/h3-6,11-16,25H,1,7-10H2,2H3,(H,27,29). The lowest BCUT2D eigenvalue weighted by molar-refractivity contribution is 0.585. The van der Waals surface area contributed by atoms with Gasteiger partial charge < -0.3 is 15.5 Å². The van der Waals surface area contributed by atoms with Gasteiger partial charge in [0, 0.05) is 74.0 Å². The highest BCUT2D eigenvalue weighted by Crippen LogP contribution is 2.26. The summed E-state index contributed by atoms with van der Waals surface area (Å²) >= 11 is 0. The zero-order valence-electron chi connectivity index (χ0n) is 17.5. The summed E-state index contributed by atoms with van der Waals surface area (Å²) in [4.78, 5) is 11.4. The fourth-order valence-electron chi connectivity index (χ4n) is 3.86. The zero-order chi connectivity index (χ0) is 21.2. The van der Waals surface area contributed by atoms with Crippen LogP contribution in [0.4, 0.5) is 11.6 Å². The van der Waals surface area contributed by atoms with E-state index in [1.807, 2.05) is 42.6 Å². The summed E-state index contributed by atoms with van der Waals surface area (Å²) in [7, 11) is 1.93. The van der Waals surface area contributed by atoms with E-state index in [0.717, 1.165) is 71.0 Å². The Morgan fingerprint density at radius 1 is 1.00 bits per heavy atom. The minimum atomic E-state index is 0.765. The van der Waals surface area contributed by atoms with Crippen LogP contribution >= 0.6 is 0 Å². The van der Waals surface area contributed by atoms with Gasteiger partial charge >= 0.3 is 0 Å². The molecule has 0 amide bonds. The number of benzene rings is 1. The van der Waals surface area contributed by atoms with Crippen molar-refractivity contribution in [3.05, 3.63) is 73.3 Å². The summed E-state index contributed by atoms with van der Waals surface area (Å²) in [6.45, 7) is 8.11. The van der Waals surface area contributed by atoms with Crippen LogP contribution in [-0.4, -0.2) is 45.9 Å². The molecule has 1 aromatic carbocycles. The number of aromatic nitrogens is 4. The smallest absolute Gasteiger partial charge is 0.130 e. The summed E-state index contributed by atoms with van der Waals surface area (Å²) in [5, 5.41) is 13.2. The number of hydrogen-bond acceptors (Lipinski definition) is 6. The lowest BCUT2D eigenvalue weighted by Gasteiger charge is -2.28. The molecule has 7 nitrogen and oxygen atoms in total. The van der Waals surface area contributed by atoms with Crippen LogP contribution in [0.15, 0.2) is 67.8 Å². The molecule has 31 heavy (non-hydrogen) atoms. The van der Waals surface area contributed by atoms with Crippen LogP contribution in [0.25, 0.3) is 27.6 Å². The Hall–Kier alpha value is -3.71. The van der Waals surface area contributed by atoms with Gasteiger partial charge in [-0.25, -0.2) is 9.97 Å². The van der Waals surface area contributed by atoms with E-state index >= 15 is 0 Å². The van der Waals surface area contributed by atoms with Gasteiger partial charge in [0.1, 0.15) is 11.6 Å². The van der Waals surface area contributed by atoms with E-state index in [-0.39, 0.29) is 0 Å². The van der Waals surface area contributed by atoms with Gasteiger partial charge in [-0.15, -0.1) is 0 Å². The Bertz CT molecular complexity index is 1240. The molecule has 1 saturated heterocycles. The second kappa shape index (κ2) is 8.20. The van der Waals surface area contributed by atoms with Crippen LogP contribution in [-0.2, 0) is 7.05 Å². The molecule has 1 aliphatic rings. The summed E-state index contributed by atoms with van der Waals surface area (Å²) in [5.41, 5.74) is 4.03. The van der Waals surface area contributed by atoms with Crippen molar-refractivity contribution < 1.29 is 0 Å². The number of aryl methyl sites for hydroxylation is 1. The number of hydrogen-bond donors (Lipinski definition) is 2. The Morgan fingerprint density at radius 3 is 2.68 bits per heavy atom. The van der Waals surface area contributed by atoms with Gasteiger partial charge in [-0.05, 0) is 35.2 Å². The van der Waals surface area contributed by atoms with Gasteiger partial charge in [0.15, 0.2) is 0 Å². The predicted octanol–water partition coefficient (Wildman–Crippen LogP) is 3.52. The SMILES string of the molecule is C=C(Nc1cc2cc(-c3cnn(C)c3)ccc2cn1)c1ccnc(N2CCNCC2)c1. The molecule has 1 aliphatic heterocycles. The molecular formula is C24H25N7. The average molecular weight is 412 g/mol. The van der Waals surface area contributed by atoms with Crippen molar-refractivity contribution in [2.45, 2.75) is 0 Å². The summed E-state index contributed by atoms with van der Waals surface area (Å²) < 4.78 is 1.81. The number of nitrogens with zero attached hydrogens (tertiary/aromatic N) is 5. The Labute approximate surface area is 181 Å². The molecule has 0 atom stereocenters. The van der Waals surface area contributed by atoms with E-state index in [9.17, 15) is 0 Å². The molecule has 1 fully saturated rings. The molecular weight excluding hydrogens is 386 g/mol. The first-order chi connectivity index (χ1) is 15.2. The quantitative estimate of drug-likeness (QED) is 0.524. The van der Waals surface area contributed by atoms with Gasteiger partial charge in [0.2, 0.25) is 0 Å². The minimum absolute atomic E-state index is 0.765. The van der Waals surface area contributed by atoms with Crippen molar-refractivity contribution in [3.63, 3.8) is 0 Å². The normalized spacial score (nSPS) is 14.0. The molecule has 0 unspecified atom stereocenters. The van der Waals surface area contributed by atoms with E-state index in [1.54, 1.807) is 0 Å². The van der Waals surface area contributed by atoms with Crippen molar-refractivity contribution in [1.82, 2.24) is 25.1 Å². The molecule has 0 aliphatic carbocycles. The second-order valence-electron chi connectivity index (χ2n) is 7.78. The van der Waals surface area contributed by atoms with E-state index in [2.05, 4.69) is 67.5 Å². The highest BCUT2D eigenvalue weighted by Gasteiger charge is 2.13. The van der Waals surface area contributed by atoms with Gasteiger partial charge in [0.25, 0.3) is 0 Å². The Kier molecular flexibility index (Phi) is 5.09. The first-order valence-corrected chi connectivity index (χ1v) is 10.4. The maximum Gasteiger partial charge on any atom is 0.130 e. The molecule has 0 spiro atoms. The molecule has 4 heterocycles.